The van der Waals surface area contributed by atoms with E-state index in [2.05, 4.69) is 10.6 Å². The molecule has 2 aromatic carbocycles. The van der Waals surface area contributed by atoms with Crippen LogP contribution in [-0.2, 0) is 0 Å². The lowest BCUT2D eigenvalue weighted by Gasteiger charge is -2.23. The van der Waals surface area contributed by atoms with Crippen LogP contribution in [0.2, 0.25) is 5.02 Å². The fourth-order valence-electron chi connectivity index (χ4n) is 4.98. The second-order valence-electron chi connectivity index (χ2n) is 8.25. The van der Waals surface area contributed by atoms with E-state index in [4.69, 9.17) is 11.6 Å². The van der Waals surface area contributed by atoms with Crippen molar-refractivity contribution in [2.45, 2.75) is 38.3 Å². The molecule has 2 aromatic rings. The number of halogens is 3. The van der Waals surface area contributed by atoms with E-state index in [0.717, 1.165) is 25.3 Å². The van der Waals surface area contributed by atoms with Crippen molar-refractivity contribution in [3.63, 3.8) is 0 Å². The van der Waals surface area contributed by atoms with Gasteiger partial charge in [-0.15, -0.1) is 0 Å². The Hall–Kier alpha value is -2.74. The standard InChI is InChI=1S/C22H22ClF2N3O3/c1-2-18(27-22(29)11-3-5-12(23)6-4-11)20-15-9-14(10-16(15)20)26-21-17(25)7-13(24)8-19(21)28(30)31/h3-8,14-16,18,20,26H,2,9-10H2,1H3,(H,27,29). The minimum Gasteiger partial charge on any atom is -0.374 e. The van der Waals surface area contributed by atoms with Gasteiger partial charge in [-0.25, -0.2) is 8.78 Å². The van der Waals surface area contributed by atoms with E-state index in [-0.39, 0.29) is 23.7 Å². The number of rotatable bonds is 7. The molecule has 0 saturated heterocycles. The second-order valence-corrected chi connectivity index (χ2v) is 8.69. The molecule has 0 bridgehead atoms. The Morgan fingerprint density at radius 1 is 1.23 bits per heavy atom. The van der Waals surface area contributed by atoms with Crippen molar-refractivity contribution in [2.75, 3.05) is 5.32 Å². The highest BCUT2D eigenvalue weighted by Crippen LogP contribution is 2.60. The van der Waals surface area contributed by atoms with Crippen molar-refractivity contribution in [1.29, 1.82) is 0 Å². The van der Waals surface area contributed by atoms with Gasteiger partial charge in [0.05, 0.1) is 11.0 Å². The van der Waals surface area contributed by atoms with E-state index in [1.165, 1.54) is 0 Å². The number of nitro benzene ring substituents is 1. The van der Waals surface area contributed by atoms with Gasteiger partial charge in [0, 0.05) is 28.7 Å². The van der Waals surface area contributed by atoms with Crippen LogP contribution in [-0.4, -0.2) is 22.9 Å². The summed E-state index contributed by atoms with van der Waals surface area (Å²) in [5.74, 6) is -1.05. The Labute approximate surface area is 183 Å². The largest absolute Gasteiger partial charge is 0.374 e. The molecule has 2 fully saturated rings. The number of hydrogen-bond donors (Lipinski definition) is 2. The molecule has 2 aliphatic carbocycles. The summed E-state index contributed by atoms with van der Waals surface area (Å²) in [5.41, 5.74) is -0.319. The maximum atomic E-state index is 14.2. The number of amides is 1. The number of anilines is 1. The second kappa shape index (κ2) is 8.42. The van der Waals surface area contributed by atoms with E-state index < -0.39 is 22.2 Å². The summed E-state index contributed by atoms with van der Waals surface area (Å²) in [7, 11) is 0. The van der Waals surface area contributed by atoms with Gasteiger partial charge in [0.25, 0.3) is 11.6 Å². The SMILES string of the molecule is CCC(NC(=O)c1ccc(Cl)cc1)C1C2CC(Nc3c(F)cc(F)cc3[N+](=O)[O-])CC21. The van der Waals surface area contributed by atoms with Gasteiger partial charge < -0.3 is 10.6 Å². The van der Waals surface area contributed by atoms with Gasteiger partial charge in [0.1, 0.15) is 11.5 Å². The van der Waals surface area contributed by atoms with Crippen LogP contribution in [0.1, 0.15) is 36.5 Å². The monoisotopic (exact) mass is 449 g/mol. The maximum absolute atomic E-state index is 14.2. The van der Waals surface area contributed by atoms with Crippen LogP contribution in [0.3, 0.4) is 0 Å². The molecule has 2 aliphatic rings. The Morgan fingerprint density at radius 2 is 1.87 bits per heavy atom. The molecule has 0 heterocycles. The number of nitrogens with zero attached hydrogens (tertiary/aromatic N) is 1. The summed E-state index contributed by atoms with van der Waals surface area (Å²) in [5, 5.41) is 17.8. The Bertz CT molecular complexity index is 1010. The van der Waals surface area contributed by atoms with Gasteiger partial charge in [-0.05, 0) is 61.3 Å². The van der Waals surface area contributed by atoms with Gasteiger partial charge in [-0.2, -0.15) is 0 Å². The Kier molecular flexibility index (Phi) is 5.83. The summed E-state index contributed by atoms with van der Waals surface area (Å²) in [4.78, 5) is 22.9. The lowest BCUT2D eigenvalue weighted by molar-refractivity contribution is -0.384. The van der Waals surface area contributed by atoms with Crippen LogP contribution in [0.4, 0.5) is 20.2 Å². The Morgan fingerprint density at radius 3 is 2.45 bits per heavy atom. The highest BCUT2D eigenvalue weighted by atomic mass is 35.5. The predicted molar refractivity (Wildman–Crippen MR) is 113 cm³/mol. The first-order valence-corrected chi connectivity index (χ1v) is 10.6. The summed E-state index contributed by atoms with van der Waals surface area (Å²) < 4.78 is 27.5. The zero-order chi connectivity index (χ0) is 22.3. The van der Waals surface area contributed by atoms with E-state index in [1.54, 1.807) is 24.3 Å². The van der Waals surface area contributed by atoms with E-state index >= 15 is 0 Å². The summed E-state index contributed by atoms with van der Waals surface area (Å²) in [6.45, 7) is 2.02. The first-order valence-electron chi connectivity index (χ1n) is 10.2. The van der Waals surface area contributed by atoms with Crippen molar-refractivity contribution < 1.29 is 18.5 Å². The minimum absolute atomic E-state index is 0.0241. The minimum atomic E-state index is -0.980. The molecule has 1 amide bonds. The molecular weight excluding hydrogens is 428 g/mol. The average molecular weight is 450 g/mol. The maximum Gasteiger partial charge on any atom is 0.298 e. The third-order valence-corrected chi connectivity index (χ3v) is 6.67. The molecule has 0 aliphatic heterocycles. The van der Waals surface area contributed by atoms with Crippen LogP contribution in [0, 0.1) is 39.5 Å². The normalized spacial score (nSPS) is 24.9. The van der Waals surface area contributed by atoms with E-state index in [9.17, 15) is 23.7 Å². The molecule has 2 N–H and O–H groups in total. The van der Waals surface area contributed by atoms with Gasteiger partial charge in [0.2, 0.25) is 0 Å². The number of nitro groups is 1. The molecule has 164 valence electrons. The van der Waals surface area contributed by atoms with Crippen LogP contribution >= 0.6 is 11.6 Å². The quantitative estimate of drug-likeness (QED) is 0.451. The predicted octanol–water partition coefficient (Wildman–Crippen LogP) is 5.17. The van der Waals surface area contributed by atoms with Gasteiger partial charge in [-0.1, -0.05) is 18.5 Å². The number of benzene rings is 2. The first-order chi connectivity index (χ1) is 14.8. The molecule has 0 radical (unpaired) electrons. The van der Waals surface area contributed by atoms with Crippen LogP contribution in [0.5, 0.6) is 0 Å². The molecule has 4 rings (SSSR count). The molecule has 0 spiro atoms. The van der Waals surface area contributed by atoms with Gasteiger partial charge >= 0.3 is 0 Å². The molecule has 6 nitrogen and oxygen atoms in total. The van der Waals surface area contributed by atoms with Crippen LogP contribution in [0.25, 0.3) is 0 Å². The fraction of sp³-hybridized carbons (Fsp3) is 0.409. The lowest BCUT2D eigenvalue weighted by atomic mass is 9.98. The van der Waals surface area contributed by atoms with Gasteiger partial charge in [0.15, 0.2) is 5.82 Å². The molecule has 2 saturated carbocycles. The molecule has 31 heavy (non-hydrogen) atoms. The number of nitrogens with one attached hydrogen (secondary N) is 2. The molecular formula is C22H22ClF2N3O3. The average Bonchev–Trinajstić information content (AvgIpc) is 3.21. The van der Waals surface area contributed by atoms with E-state index in [1.807, 2.05) is 6.92 Å². The first kappa shape index (κ1) is 21.5. The number of fused-ring (bicyclic) bond motifs is 1. The van der Waals surface area contributed by atoms with Gasteiger partial charge in [-0.3, -0.25) is 14.9 Å². The van der Waals surface area contributed by atoms with Crippen LogP contribution < -0.4 is 10.6 Å². The summed E-state index contributed by atoms with van der Waals surface area (Å²) in [6, 6.07) is 7.98. The zero-order valence-electron chi connectivity index (χ0n) is 16.8. The lowest BCUT2D eigenvalue weighted by Crippen LogP contribution is -2.38. The molecule has 0 aromatic heterocycles. The number of carbonyl (C=O) groups excluding carboxylic acids is 1. The molecule has 3 atom stereocenters. The van der Waals surface area contributed by atoms with Crippen LogP contribution in [0.15, 0.2) is 36.4 Å². The third kappa shape index (κ3) is 4.35. The summed E-state index contributed by atoms with van der Waals surface area (Å²) in [6.07, 6.45) is 2.22. The summed E-state index contributed by atoms with van der Waals surface area (Å²) >= 11 is 5.87. The highest BCUT2D eigenvalue weighted by molar-refractivity contribution is 6.30. The number of carbonyl (C=O) groups is 1. The van der Waals surface area contributed by atoms with Crippen molar-refractivity contribution in [2.24, 2.45) is 17.8 Å². The molecule has 3 unspecified atom stereocenters. The van der Waals surface area contributed by atoms with E-state index in [0.29, 0.717) is 34.4 Å². The number of hydrogen-bond acceptors (Lipinski definition) is 4. The zero-order valence-corrected chi connectivity index (χ0v) is 17.5. The Balaban J connectivity index is 1.37. The van der Waals surface area contributed by atoms with Crippen molar-refractivity contribution in [3.05, 3.63) is 68.7 Å². The van der Waals surface area contributed by atoms with Crippen molar-refractivity contribution in [1.82, 2.24) is 5.32 Å². The molecule has 9 heteroatoms. The van der Waals surface area contributed by atoms with Crippen molar-refractivity contribution >= 4 is 28.9 Å². The van der Waals surface area contributed by atoms with Crippen molar-refractivity contribution in [3.8, 4) is 0 Å². The fourth-order valence-corrected chi connectivity index (χ4v) is 5.11. The highest BCUT2D eigenvalue weighted by Gasteiger charge is 2.58. The third-order valence-electron chi connectivity index (χ3n) is 6.42. The smallest absolute Gasteiger partial charge is 0.298 e. The topological polar surface area (TPSA) is 84.3 Å².